The molecule has 0 aliphatic carbocycles. The van der Waals surface area contributed by atoms with Crippen LogP contribution in [0.1, 0.15) is 16.7 Å². The second-order valence-electron chi connectivity index (χ2n) is 10.7. The summed E-state index contributed by atoms with van der Waals surface area (Å²) in [5.74, 6) is 8.44. The van der Waals surface area contributed by atoms with Crippen LogP contribution < -0.4 is 9.47 Å². The Morgan fingerprint density at radius 3 is 2.19 bits per heavy atom. The fourth-order valence-corrected chi connectivity index (χ4v) is 6.22. The summed E-state index contributed by atoms with van der Waals surface area (Å²) in [4.78, 5) is 0. The SMILES string of the molecule is COc1ccc(C2(C#Cc3ccccc3)C=Cc3c(ccc4ccc5c(c6ccccc6n5-c5ccccc5)c34)O2)cc1. The van der Waals surface area contributed by atoms with Crippen molar-refractivity contribution in [2.45, 2.75) is 5.60 Å². The molecular weight excluding hydrogens is 526 g/mol. The van der Waals surface area contributed by atoms with Gasteiger partial charge in [-0.3, -0.25) is 0 Å². The van der Waals surface area contributed by atoms with E-state index >= 15 is 0 Å². The van der Waals surface area contributed by atoms with E-state index in [1.165, 1.54) is 27.1 Å². The highest BCUT2D eigenvalue weighted by Crippen LogP contribution is 2.45. The summed E-state index contributed by atoms with van der Waals surface area (Å²) in [7, 11) is 1.67. The van der Waals surface area contributed by atoms with E-state index in [9.17, 15) is 0 Å². The van der Waals surface area contributed by atoms with Gasteiger partial charge in [0.2, 0.25) is 5.60 Å². The fourth-order valence-electron chi connectivity index (χ4n) is 6.22. The Hall–Kier alpha value is -5.72. The van der Waals surface area contributed by atoms with Gasteiger partial charge < -0.3 is 14.0 Å². The number of benzene rings is 6. The predicted octanol–water partition coefficient (Wildman–Crippen LogP) is 9.30. The molecule has 8 rings (SSSR count). The normalized spacial score (nSPS) is 15.6. The second-order valence-corrected chi connectivity index (χ2v) is 10.7. The smallest absolute Gasteiger partial charge is 0.214 e. The molecule has 0 saturated heterocycles. The molecule has 7 aromatic rings. The van der Waals surface area contributed by atoms with Crippen molar-refractivity contribution in [3.05, 3.63) is 156 Å². The van der Waals surface area contributed by atoms with E-state index in [4.69, 9.17) is 9.47 Å². The minimum absolute atomic E-state index is 0.790. The van der Waals surface area contributed by atoms with E-state index in [0.717, 1.165) is 39.4 Å². The average Bonchev–Trinajstić information content (AvgIpc) is 3.42. The average molecular weight is 554 g/mol. The van der Waals surface area contributed by atoms with Gasteiger partial charge in [0.15, 0.2) is 0 Å². The van der Waals surface area contributed by atoms with Crippen molar-refractivity contribution in [1.29, 1.82) is 0 Å². The van der Waals surface area contributed by atoms with Crippen molar-refractivity contribution in [2.24, 2.45) is 0 Å². The number of methoxy groups -OCH3 is 1. The van der Waals surface area contributed by atoms with Crippen LogP contribution >= 0.6 is 0 Å². The van der Waals surface area contributed by atoms with E-state index in [1.54, 1.807) is 7.11 Å². The number of fused-ring (bicyclic) bond motifs is 7. The molecule has 1 aromatic heterocycles. The van der Waals surface area contributed by atoms with E-state index in [-0.39, 0.29) is 0 Å². The first-order valence-corrected chi connectivity index (χ1v) is 14.4. The highest BCUT2D eigenvalue weighted by atomic mass is 16.5. The second kappa shape index (κ2) is 9.98. The van der Waals surface area contributed by atoms with Gasteiger partial charge in [-0.2, -0.15) is 0 Å². The van der Waals surface area contributed by atoms with Gasteiger partial charge in [0.05, 0.1) is 18.1 Å². The van der Waals surface area contributed by atoms with Gasteiger partial charge in [-0.15, -0.1) is 0 Å². The van der Waals surface area contributed by atoms with Crippen molar-refractivity contribution in [2.75, 3.05) is 7.11 Å². The van der Waals surface area contributed by atoms with E-state index in [1.807, 2.05) is 54.6 Å². The minimum atomic E-state index is -0.964. The predicted molar refractivity (Wildman–Crippen MR) is 176 cm³/mol. The summed E-state index contributed by atoms with van der Waals surface area (Å²) in [5, 5.41) is 4.78. The van der Waals surface area contributed by atoms with Gasteiger partial charge in [0.1, 0.15) is 11.5 Å². The monoisotopic (exact) mass is 553 g/mol. The molecule has 0 N–H and O–H groups in total. The molecule has 3 heteroatoms. The Bertz CT molecular complexity index is 2230. The summed E-state index contributed by atoms with van der Waals surface area (Å²) < 4.78 is 14.7. The van der Waals surface area contributed by atoms with Crippen LogP contribution in [0.25, 0.3) is 44.3 Å². The van der Waals surface area contributed by atoms with Crippen LogP contribution in [0.3, 0.4) is 0 Å². The van der Waals surface area contributed by atoms with Crippen molar-refractivity contribution in [3.8, 4) is 29.0 Å². The first-order valence-electron chi connectivity index (χ1n) is 14.4. The molecule has 3 nitrogen and oxygen atoms in total. The number of ether oxygens (including phenoxy) is 2. The number of nitrogens with zero attached hydrogens (tertiary/aromatic N) is 1. The summed E-state index contributed by atoms with van der Waals surface area (Å²) in [6, 6.07) is 45.9. The maximum absolute atomic E-state index is 6.95. The lowest BCUT2D eigenvalue weighted by atomic mass is 9.88. The fraction of sp³-hybridized carbons (Fsp3) is 0.0500. The molecule has 0 fully saturated rings. The lowest BCUT2D eigenvalue weighted by molar-refractivity contribution is 0.180. The highest BCUT2D eigenvalue weighted by molar-refractivity contribution is 6.23. The molecule has 1 aliphatic rings. The van der Waals surface area contributed by atoms with Crippen molar-refractivity contribution >= 4 is 38.7 Å². The van der Waals surface area contributed by atoms with E-state index < -0.39 is 5.60 Å². The Kier molecular flexibility index (Phi) is 5.81. The third-order valence-corrected chi connectivity index (χ3v) is 8.28. The van der Waals surface area contributed by atoms with Gasteiger partial charge in [-0.05, 0) is 90.2 Å². The van der Waals surface area contributed by atoms with Crippen molar-refractivity contribution < 1.29 is 9.47 Å². The molecule has 1 atom stereocenters. The van der Waals surface area contributed by atoms with Gasteiger partial charge >= 0.3 is 0 Å². The zero-order valence-electron chi connectivity index (χ0n) is 23.6. The van der Waals surface area contributed by atoms with Crippen LogP contribution in [0.5, 0.6) is 11.5 Å². The summed E-state index contributed by atoms with van der Waals surface area (Å²) in [6.07, 6.45) is 4.29. The van der Waals surface area contributed by atoms with Crippen LogP contribution in [0.4, 0.5) is 0 Å². The number of hydrogen-bond acceptors (Lipinski definition) is 2. The van der Waals surface area contributed by atoms with Crippen LogP contribution in [0.15, 0.2) is 140 Å². The molecule has 43 heavy (non-hydrogen) atoms. The third kappa shape index (κ3) is 4.08. The molecule has 1 unspecified atom stereocenters. The molecule has 2 heterocycles. The Balaban J connectivity index is 1.37. The number of rotatable bonds is 3. The highest BCUT2D eigenvalue weighted by Gasteiger charge is 2.34. The standard InChI is InChI=1S/C40H27NO2/c1-42-32-20-18-30(19-21-32)40(26-24-28-10-4-2-5-11-28)27-25-34-37(43-40)23-17-29-16-22-36-39(38(29)34)33-14-8-9-15-35(33)41(36)31-12-6-3-7-13-31/h2-23,25,27H,1H3. The van der Waals surface area contributed by atoms with Crippen LogP contribution in [-0.4, -0.2) is 11.7 Å². The minimum Gasteiger partial charge on any atom is -0.497 e. The quantitative estimate of drug-likeness (QED) is 0.204. The Morgan fingerprint density at radius 1 is 0.674 bits per heavy atom. The molecule has 6 aromatic carbocycles. The maximum atomic E-state index is 6.95. The summed E-state index contributed by atoms with van der Waals surface area (Å²) in [6.45, 7) is 0. The molecule has 0 bridgehead atoms. The number of aromatic nitrogens is 1. The molecule has 0 spiro atoms. The van der Waals surface area contributed by atoms with Crippen LogP contribution in [0.2, 0.25) is 0 Å². The molecule has 0 radical (unpaired) electrons. The first kappa shape index (κ1) is 25.0. The van der Waals surface area contributed by atoms with Gasteiger partial charge in [0, 0.05) is 38.5 Å². The van der Waals surface area contributed by atoms with Crippen LogP contribution in [0, 0.1) is 11.8 Å². The largest absolute Gasteiger partial charge is 0.497 e. The molecule has 0 amide bonds. The van der Waals surface area contributed by atoms with Crippen molar-refractivity contribution in [3.63, 3.8) is 0 Å². The molecular formula is C40H27NO2. The van der Waals surface area contributed by atoms with Gasteiger partial charge in [-0.1, -0.05) is 72.7 Å². The van der Waals surface area contributed by atoms with Gasteiger partial charge in [0.25, 0.3) is 0 Å². The van der Waals surface area contributed by atoms with E-state index in [2.05, 4.69) is 107 Å². The first-order chi connectivity index (χ1) is 21.2. The maximum Gasteiger partial charge on any atom is 0.214 e. The van der Waals surface area contributed by atoms with E-state index in [0.29, 0.717) is 0 Å². The summed E-state index contributed by atoms with van der Waals surface area (Å²) in [5.41, 5.74) is 5.46. The third-order valence-electron chi connectivity index (χ3n) is 8.28. The zero-order valence-corrected chi connectivity index (χ0v) is 23.6. The van der Waals surface area contributed by atoms with Crippen LogP contribution in [-0.2, 0) is 5.60 Å². The Morgan fingerprint density at radius 2 is 1.40 bits per heavy atom. The lowest BCUT2D eigenvalue weighted by Crippen LogP contribution is -2.31. The number of hydrogen-bond donors (Lipinski definition) is 0. The summed E-state index contributed by atoms with van der Waals surface area (Å²) >= 11 is 0. The topological polar surface area (TPSA) is 23.4 Å². The Labute approximate surface area is 250 Å². The molecule has 0 saturated carbocycles. The number of para-hydroxylation sites is 2. The zero-order chi connectivity index (χ0) is 28.8. The van der Waals surface area contributed by atoms with Gasteiger partial charge in [-0.25, -0.2) is 0 Å². The molecule has 1 aliphatic heterocycles. The van der Waals surface area contributed by atoms with Crippen molar-refractivity contribution in [1.82, 2.24) is 4.57 Å². The molecule has 204 valence electrons. The lowest BCUT2D eigenvalue weighted by Gasteiger charge is -2.32.